The van der Waals surface area contributed by atoms with E-state index in [-0.39, 0.29) is 24.2 Å². The summed E-state index contributed by atoms with van der Waals surface area (Å²) in [6, 6.07) is 4.88. The van der Waals surface area contributed by atoms with Crippen LogP contribution in [0.3, 0.4) is 0 Å². The van der Waals surface area contributed by atoms with Crippen LogP contribution in [0, 0.1) is 5.82 Å². The van der Waals surface area contributed by atoms with E-state index in [1.165, 1.54) is 6.07 Å². The monoisotopic (exact) mass is 274 g/mol. The van der Waals surface area contributed by atoms with Crippen LogP contribution >= 0.6 is 12.4 Å². The Balaban J connectivity index is 0.00000162. The second-order valence-corrected chi connectivity index (χ2v) is 4.39. The Hall–Kier alpha value is -0.840. The highest BCUT2D eigenvalue weighted by atomic mass is 35.5. The van der Waals surface area contributed by atoms with Gasteiger partial charge in [-0.1, -0.05) is 19.1 Å². The summed E-state index contributed by atoms with van der Waals surface area (Å²) in [6.07, 6.45) is 0.872. The molecule has 3 nitrogen and oxygen atoms in total. The summed E-state index contributed by atoms with van der Waals surface area (Å²) in [5.74, 6) is -0.728. The van der Waals surface area contributed by atoms with E-state index < -0.39 is 5.82 Å². The summed E-state index contributed by atoms with van der Waals surface area (Å²) < 4.78 is 13.4. The van der Waals surface area contributed by atoms with Crippen molar-refractivity contribution in [2.45, 2.75) is 19.4 Å². The largest absolute Gasteiger partial charge is 0.505 e. The number of para-hydroxylation sites is 1. The number of phenols is 1. The Morgan fingerprint density at radius 3 is 2.67 bits per heavy atom. The lowest BCUT2D eigenvalue weighted by Crippen LogP contribution is -2.45. The molecule has 2 rings (SSSR count). The zero-order valence-electron chi connectivity index (χ0n) is 10.5. The van der Waals surface area contributed by atoms with Gasteiger partial charge in [-0.3, -0.25) is 4.90 Å². The maximum atomic E-state index is 13.4. The Labute approximate surface area is 113 Å². The van der Waals surface area contributed by atoms with Gasteiger partial charge in [-0.15, -0.1) is 12.4 Å². The Bertz CT molecular complexity index is 383. The topological polar surface area (TPSA) is 35.5 Å². The van der Waals surface area contributed by atoms with Crippen LogP contribution < -0.4 is 5.32 Å². The SMILES string of the molecule is CC[C@H](c1cccc(F)c1O)N1CCNCC1.Cl. The van der Waals surface area contributed by atoms with Crippen LogP contribution in [-0.4, -0.2) is 36.2 Å². The standard InChI is InChI=1S/C13H19FN2O.ClH/c1-2-12(16-8-6-15-7-9-16)10-4-3-5-11(14)13(10)17;/h3-5,12,15,17H,2,6-9H2,1H3;1H/t12-;/m1./s1. The van der Waals surface area contributed by atoms with E-state index in [2.05, 4.69) is 17.1 Å². The van der Waals surface area contributed by atoms with Gasteiger partial charge >= 0.3 is 0 Å². The first-order valence-electron chi connectivity index (χ1n) is 6.16. The molecule has 18 heavy (non-hydrogen) atoms. The summed E-state index contributed by atoms with van der Waals surface area (Å²) in [5.41, 5.74) is 0.703. The minimum Gasteiger partial charge on any atom is -0.505 e. The van der Waals surface area contributed by atoms with Crippen molar-refractivity contribution in [3.8, 4) is 5.75 Å². The second-order valence-electron chi connectivity index (χ2n) is 4.39. The fourth-order valence-electron chi connectivity index (χ4n) is 2.47. The molecule has 102 valence electrons. The number of aromatic hydroxyl groups is 1. The van der Waals surface area contributed by atoms with Gasteiger partial charge in [0.2, 0.25) is 0 Å². The van der Waals surface area contributed by atoms with Gasteiger partial charge in [-0.2, -0.15) is 0 Å². The van der Waals surface area contributed by atoms with E-state index in [9.17, 15) is 9.50 Å². The van der Waals surface area contributed by atoms with Crippen LogP contribution in [0.4, 0.5) is 4.39 Å². The fraction of sp³-hybridized carbons (Fsp3) is 0.538. The number of rotatable bonds is 3. The number of hydrogen-bond donors (Lipinski definition) is 2. The molecule has 0 amide bonds. The third kappa shape index (κ3) is 3.13. The number of benzene rings is 1. The van der Waals surface area contributed by atoms with Crippen molar-refractivity contribution in [2.75, 3.05) is 26.2 Å². The third-order valence-corrected chi connectivity index (χ3v) is 3.36. The molecule has 0 aromatic heterocycles. The van der Waals surface area contributed by atoms with Crippen molar-refractivity contribution >= 4 is 12.4 Å². The zero-order chi connectivity index (χ0) is 12.3. The molecule has 0 aliphatic carbocycles. The van der Waals surface area contributed by atoms with E-state index in [1.807, 2.05) is 6.07 Å². The molecule has 0 radical (unpaired) electrons. The Morgan fingerprint density at radius 1 is 1.39 bits per heavy atom. The molecule has 1 fully saturated rings. The molecular weight excluding hydrogens is 255 g/mol. The Kier molecular flexibility index (Phi) is 5.85. The van der Waals surface area contributed by atoms with Crippen molar-refractivity contribution in [2.24, 2.45) is 0 Å². The number of hydrogen-bond acceptors (Lipinski definition) is 3. The van der Waals surface area contributed by atoms with Crippen molar-refractivity contribution < 1.29 is 9.50 Å². The molecule has 1 heterocycles. The number of halogens is 2. The van der Waals surface area contributed by atoms with Gasteiger partial charge in [-0.25, -0.2) is 4.39 Å². The highest BCUT2D eigenvalue weighted by molar-refractivity contribution is 5.85. The van der Waals surface area contributed by atoms with Gasteiger partial charge in [0.15, 0.2) is 11.6 Å². The molecule has 2 N–H and O–H groups in total. The molecule has 1 aliphatic heterocycles. The first-order chi connectivity index (χ1) is 8.24. The lowest BCUT2D eigenvalue weighted by atomic mass is 10.0. The normalized spacial score (nSPS) is 18.1. The van der Waals surface area contributed by atoms with Gasteiger partial charge in [0, 0.05) is 37.8 Å². The second kappa shape index (κ2) is 6.92. The maximum absolute atomic E-state index is 13.4. The van der Waals surface area contributed by atoms with E-state index >= 15 is 0 Å². The van der Waals surface area contributed by atoms with Gasteiger partial charge < -0.3 is 10.4 Å². The van der Waals surface area contributed by atoms with E-state index in [4.69, 9.17) is 0 Å². The summed E-state index contributed by atoms with van der Waals surface area (Å²) in [5, 5.41) is 13.1. The first-order valence-corrected chi connectivity index (χ1v) is 6.16. The average Bonchev–Trinajstić information content (AvgIpc) is 2.37. The minimum atomic E-state index is -0.531. The highest BCUT2D eigenvalue weighted by Crippen LogP contribution is 2.32. The lowest BCUT2D eigenvalue weighted by Gasteiger charge is -2.35. The number of nitrogens with one attached hydrogen (secondary N) is 1. The molecule has 1 aliphatic rings. The van der Waals surface area contributed by atoms with E-state index in [0.717, 1.165) is 32.6 Å². The van der Waals surface area contributed by atoms with Gasteiger partial charge in [-0.05, 0) is 12.5 Å². The molecule has 0 bridgehead atoms. The van der Waals surface area contributed by atoms with Crippen LogP contribution in [0.5, 0.6) is 5.75 Å². The predicted octanol–water partition coefficient (Wildman–Crippen LogP) is 2.31. The molecule has 1 aromatic rings. The molecule has 1 atom stereocenters. The van der Waals surface area contributed by atoms with Crippen LogP contribution in [0.1, 0.15) is 24.9 Å². The van der Waals surface area contributed by atoms with Crippen molar-refractivity contribution in [1.29, 1.82) is 0 Å². The van der Waals surface area contributed by atoms with Gasteiger partial charge in [0.05, 0.1) is 0 Å². The van der Waals surface area contributed by atoms with E-state index in [1.54, 1.807) is 6.07 Å². The summed E-state index contributed by atoms with van der Waals surface area (Å²) >= 11 is 0. The fourth-order valence-corrected chi connectivity index (χ4v) is 2.47. The van der Waals surface area contributed by atoms with Gasteiger partial charge in [0.1, 0.15) is 0 Å². The summed E-state index contributed by atoms with van der Waals surface area (Å²) in [4.78, 5) is 2.30. The van der Waals surface area contributed by atoms with Crippen LogP contribution in [0.15, 0.2) is 18.2 Å². The van der Waals surface area contributed by atoms with Crippen molar-refractivity contribution in [1.82, 2.24) is 10.2 Å². The van der Waals surface area contributed by atoms with E-state index in [0.29, 0.717) is 5.56 Å². The molecule has 1 aromatic carbocycles. The number of nitrogens with zero attached hydrogens (tertiary/aromatic N) is 1. The Morgan fingerprint density at radius 2 is 2.06 bits per heavy atom. The predicted molar refractivity (Wildman–Crippen MR) is 72.8 cm³/mol. The molecular formula is C13H20ClFN2O. The minimum absolute atomic E-state index is 0. The summed E-state index contributed by atoms with van der Waals surface area (Å²) in [6.45, 7) is 5.85. The molecule has 0 unspecified atom stereocenters. The first kappa shape index (κ1) is 15.2. The maximum Gasteiger partial charge on any atom is 0.165 e. The molecule has 1 saturated heterocycles. The molecule has 0 saturated carbocycles. The smallest absolute Gasteiger partial charge is 0.165 e. The summed E-state index contributed by atoms with van der Waals surface area (Å²) in [7, 11) is 0. The van der Waals surface area contributed by atoms with Gasteiger partial charge in [0.25, 0.3) is 0 Å². The van der Waals surface area contributed by atoms with Crippen LogP contribution in [0.25, 0.3) is 0 Å². The molecule has 5 heteroatoms. The lowest BCUT2D eigenvalue weighted by molar-refractivity contribution is 0.166. The zero-order valence-corrected chi connectivity index (χ0v) is 11.3. The average molecular weight is 275 g/mol. The van der Waals surface area contributed by atoms with Crippen LogP contribution in [-0.2, 0) is 0 Å². The number of piperazine rings is 1. The van der Waals surface area contributed by atoms with Crippen LogP contribution in [0.2, 0.25) is 0 Å². The third-order valence-electron chi connectivity index (χ3n) is 3.36. The van der Waals surface area contributed by atoms with Crippen molar-refractivity contribution in [3.63, 3.8) is 0 Å². The highest BCUT2D eigenvalue weighted by Gasteiger charge is 2.23. The number of phenolic OH excluding ortho intramolecular Hbond substituents is 1. The van der Waals surface area contributed by atoms with Crippen molar-refractivity contribution in [3.05, 3.63) is 29.6 Å². The molecule has 0 spiro atoms. The quantitative estimate of drug-likeness (QED) is 0.888.